The molecule has 3 aliphatic heterocycles. The summed E-state index contributed by atoms with van der Waals surface area (Å²) in [6, 6.07) is 18.2. The zero-order chi connectivity index (χ0) is 25.5. The minimum Gasteiger partial charge on any atom is -0.497 e. The van der Waals surface area contributed by atoms with E-state index < -0.39 is 0 Å². The lowest BCUT2D eigenvalue weighted by Gasteiger charge is -2.59. The fourth-order valence-corrected chi connectivity index (χ4v) is 5.82. The number of methoxy groups -OCH3 is 1. The van der Waals surface area contributed by atoms with E-state index in [1.807, 2.05) is 26.1 Å². The highest BCUT2D eigenvalue weighted by atomic mass is 16.5. The number of benzene rings is 1. The molecule has 3 fully saturated rings. The van der Waals surface area contributed by atoms with Crippen LogP contribution in [0.3, 0.4) is 0 Å². The van der Waals surface area contributed by atoms with E-state index in [4.69, 9.17) is 14.7 Å². The fraction of sp³-hybridized carbons (Fsp3) is 0.379. The van der Waals surface area contributed by atoms with Crippen molar-refractivity contribution in [1.29, 1.82) is 0 Å². The number of piperidine rings is 1. The lowest BCUT2D eigenvalue weighted by Crippen LogP contribution is -2.69. The molecule has 0 radical (unpaired) electrons. The summed E-state index contributed by atoms with van der Waals surface area (Å²) in [5.41, 5.74) is 6.21. The first-order chi connectivity index (χ1) is 18.0. The van der Waals surface area contributed by atoms with Gasteiger partial charge in [0, 0.05) is 60.8 Å². The van der Waals surface area contributed by atoms with E-state index in [-0.39, 0.29) is 0 Å². The minimum absolute atomic E-state index is 0.394. The number of H-pyrrole nitrogens is 1. The van der Waals surface area contributed by atoms with Crippen LogP contribution in [-0.4, -0.2) is 62.3 Å². The van der Waals surface area contributed by atoms with Crippen LogP contribution < -0.4 is 9.64 Å². The third kappa shape index (κ3) is 4.69. The van der Waals surface area contributed by atoms with Crippen molar-refractivity contribution in [3.05, 3.63) is 83.1 Å². The van der Waals surface area contributed by atoms with Gasteiger partial charge in [-0.1, -0.05) is 12.1 Å². The van der Waals surface area contributed by atoms with E-state index >= 15 is 0 Å². The summed E-state index contributed by atoms with van der Waals surface area (Å²) in [4.78, 5) is 19.4. The van der Waals surface area contributed by atoms with Gasteiger partial charge in [0.1, 0.15) is 11.6 Å². The first-order valence-electron chi connectivity index (χ1n) is 12.9. The van der Waals surface area contributed by atoms with Crippen molar-refractivity contribution in [2.24, 2.45) is 0 Å². The maximum atomic E-state index is 5.32. The number of aromatic amines is 1. The number of aromatic nitrogens is 5. The van der Waals surface area contributed by atoms with Crippen LogP contribution >= 0.6 is 0 Å². The number of ether oxygens (including phenoxy) is 1. The Kier molecular flexibility index (Phi) is 6.12. The Bertz CT molecular complexity index is 1370. The summed E-state index contributed by atoms with van der Waals surface area (Å²) in [6.45, 7) is 8.32. The molecule has 190 valence electrons. The van der Waals surface area contributed by atoms with Crippen LogP contribution in [0.15, 0.2) is 54.7 Å². The molecule has 1 aromatic carbocycles. The summed E-state index contributed by atoms with van der Waals surface area (Å²) < 4.78 is 5.32. The van der Waals surface area contributed by atoms with E-state index in [0.29, 0.717) is 30.4 Å². The van der Waals surface area contributed by atoms with Gasteiger partial charge in [0.25, 0.3) is 0 Å². The van der Waals surface area contributed by atoms with Gasteiger partial charge < -0.3 is 9.64 Å². The molecule has 37 heavy (non-hydrogen) atoms. The second-order valence-corrected chi connectivity index (χ2v) is 10.3. The molecule has 0 aliphatic carbocycles. The number of pyridine rings is 1. The predicted octanol–water partition coefficient (Wildman–Crippen LogP) is 4.50. The van der Waals surface area contributed by atoms with Gasteiger partial charge in [0.05, 0.1) is 18.5 Å². The Balaban J connectivity index is 1.13. The molecule has 7 rings (SSSR count). The second kappa shape index (κ2) is 9.59. The molecular weight excluding hydrogens is 462 g/mol. The predicted molar refractivity (Wildman–Crippen MR) is 144 cm³/mol. The van der Waals surface area contributed by atoms with Crippen molar-refractivity contribution in [3.63, 3.8) is 0 Å². The summed E-state index contributed by atoms with van der Waals surface area (Å²) in [6.07, 6.45) is 3.84. The van der Waals surface area contributed by atoms with E-state index in [2.05, 4.69) is 74.4 Å². The summed E-state index contributed by atoms with van der Waals surface area (Å²) in [5.74, 6) is 2.64. The van der Waals surface area contributed by atoms with Crippen LogP contribution in [0.1, 0.15) is 47.7 Å². The van der Waals surface area contributed by atoms with Crippen LogP contribution in [0.4, 0.5) is 5.82 Å². The standard InChI is InChI=1S/C29H33N7O/c1-18-11-23(13-24-12-19(2)33-34-24)32-29(31-18)22-7-10-28(30-15-22)35-16-25-14-26(17-35)36(25)20(3)21-5-8-27(37-4)9-6-21/h5-12,15,20,25-26H,13-14,16-17H2,1-4H3,(H,33,34). The molecule has 0 spiro atoms. The maximum absolute atomic E-state index is 5.32. The number of hydrogen-bond acceptors (Lipinski definition) is 7. The van der Waals surface area contributed by atoms with Gasteiger partial charge >= 0.3 is 0 Å². The van der Waals surface area contributed by atoms with Gasteiger partial charge in [0.15, 0.2) is 5.82 Å². The van der Waals surface area contributed by atoms with Crippen molar-refractivity contribution >= 4 is 5.82 Å². The molecule has 3 saturated heterocycles. The first kappa shape index (κ1) is 23.6. The normalized spacial score (nSPS) is 19.9. The molecule has 0 amide bonds. The minimum atomic E-state index is 0.394. The Labute approximate surface area is 217 Å². The monoisotopic (exact) mass is 495 g/mol. The highest BCUT2D eigenvalue weighted by Gasteiger charge is 2.47. The van der Waals surface area contributed by atoms with Gasteiger partial charge in [-0.2, -0.15) is 5.10 Å². The number of hydrogen-bond donors (Lipinski definition) is 1. The zero-order valence-corrected chi connectivity index (χ0v) is 21.8. The van der Waals surface area contributed by atoms with Gasteiger partial charge in [-0.25, -0.2) is 15.0 Å². The van der Waals surface area contributed by atoms with E-state index in [1.165, 1.54) is 12.0 Å². The van der Waals surface area contributed by atoms with Gasteiger partial charge in [-0.05, 0) is 69.2 Å². The lowest BCUT2D eigenvalue weighted by atomic mass is 9.84. The highest BCUT2D eigenvalue weighted by Crippen LogP contribution is 2.40. The lowest BCUT2D eigenvalue weighted by molar-refractivity contribution is -0.0343. The van der Waals surface area contributed by atoms with Crippen molar-refractivity contribution in [2.75, 3.05) is 25.1 Å². The topological polar surface area (TPSA) is 83.1 Å². The largest absolute Gasteiger partial charge is 0.497 e. The number of nitrogens with one attached hydrogen (secondary N) is 1. The Morgan fingerprint density at radius 3 is 2.43 bits per heavy atom. The fourth-order valence-electron chi connectivity index (χ4n) is 5.82. The quantitative estimate of drug-likeness (QED) is 0.404. The van der Waals surface area contributed by atoms with Gasteiger partial charge in [-0.15, -0.1) is 0 Å². The van der Waals surface area contributed by atoms with Crippen molar-refractivity contribution in [1.82, 2.24) is 30.0 Å². The van der Waals surface area contributed by atoms with Crippen LogP contribution in [-0.2, 0) is 6.42 Å². The number of anilines is 1. The van der Waals surface area contributed by atoms with E-state index in [0.717, 1.165) is 53.0 Å². The smallest absolute Gasteiger partial charge is 0.161 e. The SMILES string of the molecule is COc1ccc(C(C)N2C3CC2CN(c2ccc(-c4nc(C)cc(Cc5cc(C)[nH]n5)n4)cn2)C3)cc1. The third-order valence-electron chi connectivity index (χ3n) is 7.65. The van der Waals surface area contributed by atoms with Crippen molar-refractivity contribution in [2.45, 2.75) is 51.7 Å². The average Bonchev–Trinajstić information content (AvgIpc) is 3.32. The molecule has 1 N–H and O–H groups in total. The molecule has 3 aliphatic rings. The summed E-state index contributed by atoms with van der Waals surface area (Å²) in [7, 11) is 1.71. The van der Waals surface area contributed by atoms with Gasteiger partial charge in [0.2, 0.25) is 0 Å². The van der Waals surface area contributed by atoms with Crippen LogP contribution in [0, 0.1) is 13.8 Å². The maximum Gasteiger partial charge on any atom is 0.161 e. The van der Waals surface area contributed by atoms with Crippen LogP contribution in [0.25, 0.3) is 11.4 Å². The van der Waals surface area contributed by atoms with Crippen LogP contribution in [0.5, 0.6) is 5.75 Å². The van der Waals surface area contributed by atoms with E-state index in [9.17, 15) is 0 Å². The number of piperazine rings is 1. The molecule has 0 saturated carbocycles. The highest BCUT2D eigenvalue weighted by molar-refractivity contribution is 5.57. The second-order valence-electron chi connectivity index (χ2n) is 10.3. The molecule has 8 nitrogen and oxygen atoms in total. The first-order valence-corrected chi connectivity index (χ1v) is 12.9. The number of aryl methyl sites for hydroxylation is 2. The molecule has 2 bridgehead atoms. The van der Waals surface area contributed by atoms with Crippen molar-refractivity contribution < 1.29 is 4.74 Å². The number of rotatable bonds is 7. The molecule has 8 heteroatoms. The zero-order valence-electron chi connectivity index (χ0n) is 21.8. The van der Waals surface area contributed by atoms with E-state index in [1.54, 1.807) is 7.11 Å². The molecular formula is C29H33N7O. The average molecular weight is 496 g/mol. The van der Waals surface area contributed by atoms with Gasteiger partial charge in [-0.3, -0.25) is 10.00 Å². The Morgan fingerprint density at radius 2 is 1.78 bits per heavy atom. The number of fused-ring (bicyclic) bond motifs is 2. The Morgan fingerprint density at radius 1 is 1.00 bits per heavy atom. The Hall–Kier alpha value is -3.78. The number of nitrogens with zero attached hydrogens (tertiary/aromatic N) is 6. The summed E-state index contributed by atoms with van der Waals surface area (Å²) >= 11 is 0. The molecule has 3 atom stereocenters. The molecule has 6 heterocycles. The van der Waals surface area contributed by atoms with Crippen LogP contribution in [0.2, 0.25) is 0 Å². The third-order valence-corrected chi connectivity index (χ3v) is 7.65. The van der Waals surface area contributed by atoms with Crippen molar-refractivity contribution in [3.8, 4) is 17.1 Å². The molecule has 3 unspecified atom stereocenters. The molecule has 4 aromatic rings. The molecule has 3 aromatic heterocycles. The summed E-state index contributed by atoms with van der Waals surface area (Å²) in [5, 5.41) is 7.34.